The molecule has 0 atom stereocenters. The van der Waals surface area contributed by atoms with Gasteiger partial charge in [-0.2, -0.15) is 18.3 Å². The van der Waals surface area contributed by atoms with Crippen molar-refractivity contribution >= 4 is 6.29 Å². The lowest BCUT2D eigenvalue weighted by Crippen LogP contribution is -2.04. The van der Waals surface area contributed by atoms with Crippen LogP contribution in [0.25, 0.3) is 22.5 Å². The lowest BCUT2D eigenvalue weighted by Gasteiger charge is -2.08. The molecule has 0 amide bonds. The Morgan fingerprint density at radius 1 is 1.19 bits per heavy atom. The zero-order valence-corrected chi connectivity index (χ0v) is 14.0. The summed E-state index contributed by atoms with van der Waals surface area (Å²) in [6.45, 7) is -0.869. The SMILES string of the molecule is CCn1nc(-c2ccc(C=O)c(OC(F)F)c2)cc1-c1cnc(F)c(F)c1. The fraction of sp³-hybridized carbons (Fsp3) is 0.167. The fourth-order valence-corrected chi connectivity index (χ4v) is 2.58. The van der Waals surface area contributed by atoms with Crippen LogP contribution in [0.5, 0.6) is 5.75 Å². The largest absolute Gasteiger partial charge is 0.434 e. The highest BCUT2D eigenvalue weighted by Crippen LogP contribution is 2.30. The second kappa shape index (κ2) is 7.56. The Morgan fingerprint density at radius 2 is 1.96 bits per heavy atom. The minimum atomic E-state index is -3.09. The highest BCUT2D eigenvalue weighted by Gasteiger charge is 2.16. The van der Waals surface area contributed by atoms with Crippen molar-refractivity contribution in [1.82, 2.24) is 14.8 Å². The fourth-order valence-electron chi connectivity index (χ4n) is 2.58. The van der Waals surface area contributed by atoms with Crippen molar-refractivity contribution in [3.05, 3.63) is 53.9 Å². The molecule has 0 bridgehead atoms. The van der Waals surface area contributed by atoms with Gasteiger partial charge in [0.2, 0.25) is 5.95 Å². The number of rotatable bonds is 6. The van der Waals surface area contributed by atoms with Crippen molar-refractivity contribution in [2.75, 3.05) is 0 Å². The Morgan fingerprint density at radius 3 is 2.59 bits per heavy atom. The first-order valence-corrected chi connectivity index (χ1v) is 7.86. The smallest absolute Gasteiger partial charge is 0.387 e. The summed E-state index contributed by atoms with van der Waals surface area (Å²) in [5, 5.41) is 4.34. The van der Waals surface area contributed by atoms with E-state index in [4.69, 9.17) is 0 Å². The van der Waals surface area contributed by atoms with Gasteiger partial charge in [-0.25, -0.2) is 9.37 Å². The van der Waals surface area contributed by atoms with E-state index in [-0.39, 0.29) is 11.3 Å². The number of benzene rings is 1. The third kappa shape index (κ3) is 3.81. The lowest BCUT2D eigenvalue weighted by molar-refractivity contribution is -0.0500. The number of pyridine rings is 1. The van der Waals surface area contributed by atoms with Crippen LogP contribution in [0.3, 0.4) is 0 Å². The Hall–Kier alpha value is -3.23. The molecule has 2 heterocycles. The number of carbonyl (C=O) groups excluding carboxylic acids is 1. The zero-order valence-electron chi connectivity index (χ0n) is 14.0. The molecular weight excluding hydrogens is 366 g/mol. The standard InChI is InChI=1S/C18H13F4N3O2/c1-2-25-15(12-5-13(19)17(20)23-8-12)7-14(24-25)10-3-4-11(9-26)16(6-10)27-18(21)22/h3-9,18H,2H2,1H3. The van der Waals surface area contributed by atoms with E-state index in [1.54, 1.807) is 13.0 Å². The molecule has 0 fully saturated rings. The van der Waals surface area contributed by atoms with Crippen LogP contribution < -0.4 is 4.74 Å². The first kappa shape index (κ1) is 18.6. The van der Waals surface area contributed by atoms with E-state index in [1.807, 2.05) is 0 Å². The van der Waals surface area contributed by atoms with Crippen molar-refractivity contribution in [1.29, 1.82) is 0 Å². The molecule has 0 aliphatic rings. The van der Waals surface area contributed by atoms with Crippen LogP contribution in [0.2, 0.25) is 0 Å². The topological polar surface area (TPSA) is 57.0 Å². The maximum absolute atomic E-state index is 13.5. The Kier molecular flexibility index (Phi) is 5.20. The molecule has 0 aliphatic carbocycles. The van der Waals surface area contributed by atoms with Gasteiger partial charge < -0.3 is 4.74 Å². The van der Waals surface area contributed by atoms with Crippen LogP contribution >= 0.6 is 0 Å². The molecule has 27 heavy (non-hydrogen) atoms. The summed E-state index contributed by atoms with van der Waals surface area (Å²) < 4.78 is 57.6. The van der Waals surface area contributed by atoms with Gasteiger partial charge in [-0.05, 0) is 31.2 Å². The number of alkyl halides is 2. The lowest BCUT2D eigenvalue weighted by atomic mass is 10.1. The molecule has 0 radical (unpaired) electrons. The quantitative estimate of drug-likeness (QED) is 0.364. The van der Waals surface area contributed by atoms with Crippen molar-refractivity contribution in [2.24, 2.45) is 0 Å². The van der Waals surface area contributed by atoms with Crippen LogP contribution in [0.15, 0.2) is 36.5 Å². The second-order valence-corrected chi connectivity index (χ2v) is 5.48. The first-order chi connectivity index (χ1) is 12.9. The van der Waals surface area contributed by atoms with Crippen molar-refractivity contribution in [3.8, 4) is 28.3 Å². The molecule has 3 rings (SSSR count). The number of aryl methyl sites for hydroxylation is 1. The average molecular weight is 379 g/mol. The van der Waals surface area contributed by atoms with Gasteiger partial charge in [0.15, 0.2) is 12.1 Å². The van der Waals surface area contributed by atoms with Gasteiger partial charge >= 0.3 is 6.61 Å². The third-order valence-corrected chi connectivity index (χ3v) is 3.82. The van der Waals surface area contributed by atoms with Gasteiger partial charge in [-0.1, -0.05) is 6.07 Å². The molecular formula is C18H13F4N3O2. The van der Waals surface area contributed by atoms with E-state index in [0.29, 0.717) is 35.3 Å². The number of nitrogens with zero attached hydrogens (tertiary/aromatic N) is 3. The summed E-state index contributed by atoms with van der Waals surface area (Å²) in [7, 11) is 0. The number of ether oxygens (including phenoxy) is 1. The number of aldehydes is 1. The molecule has 0 N–H and O–H groups in total. The van der Waals surface area contributed by atoms with Crippen molar-refractivity contribution in [2.45, 2.75) is 20.1 Å². The molecule has 5 nitrogen and oxygen atoms in total. The van der Waals surface area contributed by atoms with E-state index in [0.717, 1.165) is 6.07 Å². The van der Waals surface area contributed by atoms with E-state index in [9.17, 15) is 22.4 Å². The third-order valence-electron chi connectivity index (χ3n) is 3.82. The Balaban J connectivity index is 2.06. The molecule has 140 valence electrons. The predicted octanol–water partition coefficient (Wildman–Crippen LogP) is 4.32. The highest BCUT2D eigenvalue weighted by atomic mass is 19.3. The summed E-state index contributed by atoms with van der Waals surface area (Å²) >= 11 is 0. The molecule has 1 aromatic carbocycles. The molecule has 3 aromatic rings. The van der Waals surface area contributed by atoms with Gasteiger partial charge in [0.25, 0.3) is 0 Å². The van der Waals surface area contributed by atoms with Gasteiger partial charge in [0.1, 0.15) is 5.75 Å². The number of halogens is 4. The van der Waals surface area contributed by atoms with Crippen LogP contribution in [0.4, 0.5) is 17.6 Å². The number of hydrogen-bond donors (Lipinski definition) is 0. The molecule has 2 aromatic heterocycles. The summed E-state index contributed by atoms with van der Waals surface area (Å²) in [5.41, 5.74) is 1.55. The zero-order chi connectivity index (χ0) is 19.6. The second-order valence-electron chi connectivity index (χ2n) is 5.48. The monoisotopic (exact) mass is 379 g/mol. The first-order valence-electron chi connectivity index (χ1n) is 7.86. The minimum absolute atomic E-state index is 0.0287. The van der Waals surface area contributed by atoms with E-state index in [2.05, 4.69) is 14.8 Å². The molecule has 0 aliphatic heterocycles. The summed E-state index contributed by atoms with van der Waals surface area (Å²) in [5.74, 6) is -2.58. The van der Waals surface area contributed by atoms with E-state index in [1.165, 1.54) is 29.1 Å². The molecule has 0 saturated heterocycles. The van der Waals surface area contributed by atoms with Gasteiger partial charge in [0, 0.05) is 23.9 Å². The van der Waals surface area contributed by atoms with E-state index < -0.39 is 18.4 Å². The number of aromatic nitrogens is 3. The molecule has 0 unspecified atom stereocenters. The molecule has 0 spiro atoms. The Labute approximate surface area is 151 Å². The van der Waals surface area contributed by atoms with E-state index >= 15 is 0 Å². The minimum Gasteiger partial charge on any atom is -0.434 e. The van der Waals surface area contributed by atoms with Crippen molar-refractivity contribution < 1.29 is 27.1 Å². The summed E-state index contributed by atoms with van der Waals surface area (Å²) in [6, 6.07) is 6.71. The van der Waals surface area contributed by atoms with Crippen LogP contribution in [-0.4, -0.2) is 27.7 Å². The van der Waals surface area contributed by atoms with Crippen LogP contribution in [0, 0.1) is 11.8 Å². The number of hydrogen-bond acceptors (Lipinski definition) is 4. The normalized spacial score (nSPS) is 11.0. The van der Waals surface area contributed by atoms with Gasteiger partial charge in [-0.15, -0.1) is 0 Å². The average Bonchev–Trinajstić information content (AvgIpc) is 3.08. The maximum Gasteiger partial charge on any atom is 0.387 e. The number of carbonyl (C=O) groups is 1. The van der Waals surface area contributed by atoms with Gasteiger partial charge in [-0.3, -0.25) is 9.48 Å². The molecule has 9 heteroatoms. The molecule has 0 saturated carbocycles. The van der Waals surface area contributed by atoms with Crippen LogP contribution in [-0.2, 0) is 6.54 Å². The predicted molar refractivity (Wildman–Crippen MR) is 88.5 cm³/mol. The van der Waals surface area contributed by atoms with Crippen LogP contribution in [0.1, 0.15) is 17.3 Å². The van der Waals surface area contributed by atoms with Gasteiger partial charge in [0.05, 0.1) is 17.0 Å². The highest BCUT2D eigenvalue weighted by molar-refractivity contribution is 5.82. The summed E-state index contributed by atoms with van der Waals surface area (Å²) in [4.78, 5) is 14.3. The van der Waals surface area contributed by atoms with Crippen molar-refractivity contribution in [3.63, 3.8) is 0 Å². The summed E-state index contributed by atoms with van der Waals surface area (Å²) in [6.07, 6.45) is 1.58. The Bertz CT molecular complexity index is 989. The maximum atomic E-state index is 13.5.